The third kappa shape index (κ3) is 5.14. The molecule has 1 saturated heterocycles. The SMILES string of the molecule is Cc1ccc(C(=O)N2CCC(c3ccc(-c4nccs4)cc3)CC2)cc1NS(C)(=O)=O. The number of amides is 1. The van der Waals surface area contributed by atoms with E-state index in [9.17, 15) is 13.2 Å². The van der Waals surface area contributed by atoms with Crippen LogP contribution in [0.15, 0.2) is 54.0 Å². The summed E-state index contributed by atoms with van der Waals surface area (Å²) in [7, 11) is -3.40. The lowest BCUT2D eigenvalue weighted by Gasteiger charge is -2.32. The number of carbonyl (C=O) groups excluding carboxylic acids is 1. The second-order valence-electron chi connectivity index (χ2n) is 7.93. The molecule has 0 spiro atoms. The Kier molecular flexibility index (Phi) is 6.11. The number of carbonyl (C=O) groups is 1. The molecule has 1 amide bonds. The maximum absolute atomic E-state index is 13.0. The van der Waals surface area contributed by atoms with Crippen LogP contribution < -0.4 is 4.72 Å². The summed E-state index contributed by atoms with van der Waals surface area (Å²) in [5.41, 5.74) is 4.15. The van der Waals surface area contributed by atoms with Crippen molar-refractivity contribution in [3.63, 3.8) is 0 Å². The van der Waals surface area contributed by atoms with Gasteiger partial charge in [0.15, 0.2) is 0 Å². The number of nitrogens with one attached hydrogen (secondary N) is 1. The van der Waals surface area contributed by atoms with Crippen LogP contribution in [-0.4, -0.2) is 43.6 Å². The summed E-state index contributed by atoms with van der Waals surface area (Å²) >= 11 is 1.63. The molecule has 1 fully saturated rings. The molecule has 6 nitrogen and oxygen atoms in total. The molecule has 1 aliphatic heterocycles. The van der Waals surface area contributed by atoms with Crippen molar-refractivity contribution in [1.29, 1.82) is 0 Å². The summed E-state index contributed by atoms with van der Waals surface area (Å²) < 4.78 is 25.7. The van der Waals surface area contributed by atoms with Gasteiger partial charge in [0.25, 0.3) is 5.91 Å². The number of aryl methyl sites for hydroxylation is 1. The topological polar surface area (TPSA) is 79.4 Å². The average Bonchev–Trinajstić information content (AvgIpc) is 3.29. The maximum atomic E-state index is 13.0. The van der Waals surface area contributed by atoms with E-state index in [1.54, 1.807) is 29.5 Å². The molecule has 1 aliphatic rings. The zero-order valence-electron chi connectivity index (χ0n) is 17.5. The second-order valence-corrected chi connectivity index (χ2v) is 10.6. The highest BCUT2D eigenvalue weighted by atomic mass is 32.2. The minimum absolute atomic E-state index is 0.0610. The molecule has 4 rings (SSSR count). The number of aromatic nitrogens is 1. The van der Waals surface area contributed by atoms with Gasteiger partial charge in [0, 0.05) is 35.8 Å². The third-order valence-corrected chi connectivity index (χ3v) is 7.04. The molecule has 0 aliphatic carbocycles. The largest absolute Gasteiger partial charge is 0.339 e. The van der Waals surface area contributed by atoms with Gasteiger partial charge in [-0.3, -0.25) is 9.52 Å². The molecule has 2 aromatic carbocycles. The van der Waals surface area contributed by atoms with E-state index in [0.29, 0.717) is 30.3 Å². The Morgan fingerprint density at radius 2 is 1.84 bits per heavy atom. The fourth-order valence-corrected chi connectivity index (χ4v) is 5.19. The number of hydrogen-bond donors (Lipinski definition) is 1. The Labute approximate surface area is 187 Å². The van der Waals surface area contributed by atoms with Crippen molar-refractivity contribution in [2.45, 2.75) is 25.7 Å². The molecule has 0 radical (unpaired) electrons. The van der Waals surface area contributed by atoms with Crippen LogP contribution in [0.3, 0.4) is 0 Å². The monoisotopic (exact) mass is 455 g/mol. The summed E-state index contributed by atoms with van der Waals surface area (Å²) in [4.78, 5) is 19.2. The fourth-order valence-electron chi connectivity index (χ4n) is 3.93. The van der Waals surface area contributed by atoms with E-state index in [2.05, 4.69) is 34.0 Å². The normalized spacial score (nSPS) is 15.1. The molecule has 0 saturated carbocycles. The number of piperidine rings is 1. The van der Waals surface area contributed by atoms with Crippen LogP contribution in [0.2, 0.25) is 0 Å². The Morgan fingerprint density at radius 1 is 1.13 bits per heavy atom. The lowest BCUT2D eigenvalue weighted by Crippen LogP contribution is -2.38. The van der Waals surface area contributed by atoms with E-state index in [1.165, 1.54) is 5.56 Å². The molecule has 162 valence electrons. The summed E-state index contributed by atoms with van der Waals surface area (Å²) in [6, 6.07) is 13.7. The van der Waals surface area contributed by atoms with Crippen LogP contribution in [0.25, 0.3) is 10.6 Å². The van der Waals surface area contributed by atoms with E-state index < -0.39 is 10.0 Å². The second kappa shape index (κ2) is 8.80. The first kappa shape index (κ1) is 21.5. The zero-order chi connectivity index (χ0) is 22.0. The van der Waals surface area contributed by atoms with Crippen LogP contribution in [0.1, 0.15) is 40.2 Å². The van der Waals surface area contributed by atoms with Crippen molar-refractivity contribution in [2.75, 3.05) is 24.1 Å². The zero-order valence-corrected chi connectivity index (χ0v) is 19.2. The van der Waals surface area contributed by atoms with Gasteiger partial charge in [-0.1, -0.05) is 30.3 Å². The molecule has 2 heterocycles. The Morgan fingerprint density at radius 3 is 2.45 bits per heavy atom. The summed E-state index contributed by atoms with van der Waals surface area (Å²) in [6.45, 7) is 3.17. The van der Waals surface area contributed by atoms with Crippen LogP contribution in [-0.2, 0) is 10.0 Å². The number of anilines is 1. The molecule has 1 aromatic heterocycles. The fraction of sp³-hybridized carbons (Fsp3) is 0.304. The van der Waals surface area contributed by atoms with Crippen molar-refractivity contribution < 1.29 is 13.2 Å². The van der Waals surface area contributed by atoms with Gasteiger partial charge in [-0.2, -0.15) is 0 Å². The number of thiazole rings is 1. The predicted octanol–water partition coefficient (Wildman–Crippen LogP) is 4.51. The molecule has 0 unspecified atom stereocenters. The van der Waals surface area contributed by atoms with E-state index in [0.717, 1.165) is 35.2 Å². The minimum Gasteiger partial charge on any atom is -0.339 e. The van der Waals surface area contributed by atoms with Crippen molar-refractivity contribution >= 4 is 33.0 Å². The lowest BCUT2D eigenvalue weighted by molar-refractivity contribution is 0.0713. The first-order chi connectivity index (χ1) is 14.8. The molecule has 8 heteroatoms. The maximum Gasteiger partial charge on any atom is 0.253 e. The van der Waals surface area contributed by atoms with Crippen LogP contribution in [0, 0.1) is 6.92 Å². The van der Waals surface area contributed by atoms with Crippen molar-refractivity contribution in [3.05, 3.63) is 70.7 Å². The van der Waals surface area contributed by atoms with E-state index in [4.69, 9.17) is 0 Å². The van der Waals surface area contributed by atoms with Crippen LogP contribution in [0.5, 0.6) is 0 Å². The quantitative estimate of drug-likeness (QED) is 0.614. The van der Waals surface area contributed by atoms with Crippen LogP contribution in [0.4, 0.5) is 5.69 Å². The third-order valence-electron chi connectivity index (χ3n) is 5.62. The number of likely N-dealkylation sites (tertiary alicyclic amines) is 1. The highest BCUT2D eigenvalue weighted by Crippen LogP contribution is 2.31. The standard InChI is InChI=1S/C23H25N3O3S2/c1-16-3-4-20(15-21(16)25-31(2,28)29)23(27)26-12-9-18(10-13-26)17-5-7-19(8-6-17)22-24-11-14-30-22/h3-8,11,14-15,18,25H,9-10,12-13H2,1-2H3. The lowest BCUT2D eigenvalue weighted by atomic mass is 9.89. The predicted molar refractivity (Wildman–Crippen MR) is 125 cm³/mol. The van der Waals surface area contributed by atoms with E-state index >= 15 is 0 Å². The number of nitrogens with zero attached hydrogens (tertiary/aromatic N) is 2. The highest BCUT2D eigenvalue weighted by molar-refractivity contribution is 7.92. The minimum atomic E-state index is -3.40. The van der Waals surface area contributed by atoms with Gasteiger partial charge in [-0.25, -0.2) is 13.4 Å². The molecular formula is C23H25N3O3S2. The molecule has 31 heavy (non-hydrogen) atoms. The average molecular weight is 456 g/mol. The van der Waals surface area contributed by atoms with Gasteiger partial charge in [0.2, 0.25) is 10.0 Å². The summed E-state index contributed by atoms with van der Waals surface area (Å²) in [5, 5.41) is 3.00. The van der Waals surface area contributed by atoms with Gasteiger partial charge in [0.1, 0.15) is 5.01 Å². The first-order valence-corrected chi connectivity index (χ1v) is 12.9. The van der Waals surface area contributed by atoms with Gasteiger partial charge in [-0.15, -0.1) is 11.3 Å². The first-order valence-electron chi connectivity index (χ1n) is 10.2. The van der Waals surface area contributed by atoms with Crippen molar-refractivity contribution in [1.82, 2.24) is 9.88 Å². The summed E-state index contributed by atoms with van der Waals surface area (Å²) in [6.07, 6.45) is 4.73. The number of sulfonamides is 1. The molecule has 0 bridgehead atoms. The van der Waals surface area contributed by atoms with Gasteiger partial charge in [-0.05, 0) is 48.9 Å². The molecule has 3 aromatic rings. The molecular weight excluding hydrogens is 430 g/mol. The molecule has 1 N–H and O–H groups in total. The van der Waals surface area contributed by atoms with Crippen molar-refractivity contribution in [2.24, 2.45) is 0 Å². The van der Waals surface area contributed by atoms with Crippen molar-refractivity contribution in [3.8, 4) is 10.6 Å². The Hall–Kier alpha value is -2.71. The number of benzene rings is 2. The van der Waals surface area contributed by atoms with E-state index in [1.807, 2.05) is 23.4 Å². The van der Waals surface area contributed by atoms with Gasteiger partial charge >= 0.3 is 0 Å². The molecule has 0 atom stereocenters. The Bertz CT molecular complexity index is 1170. The smallest absolute Gasteiger partial charge is 0.253 e. The summed E-state index contributed by atoms with van der Waals surface area (Å²) in [5.74, 6) is 0.365. The number of hydrogen-bond acceptors (Lipinski definition) is 5. The van der Waals surface area contributed by atoms with E-state index in [-0.39, 0.29) is 5.91 Å². The Balaban J connectivity index is 1.40. The number of rotatable bonds is 5. The van der Waals surface area contributed by atoms with Gasteiger partial charge < -0.3 is 4.90 Å². The van der Waals surface area contributed by atoms with Gasteiger partial charge in [0.05, 0.1) is 11.9 Å². The highest BCUT2D eigenvalue weighted by Gasteiger charge is 2.25. The van der Waals surface area contributed by atoms with Crippen LogP contribution >= 0.6 is 11.3 Å².